The summed E-state index contributed by atoms with van der Waals surface area (Å²) in [5.74, 6) is 0.526. The summed E-state index contributed by atoms with van der Waals surface area (Å²) in [4.78, 5) is 28.4. The second-order valence-electron chi connectivity index (χ2n) is 7.74. The van der Waals surface area contributed by atoms with E-state index in [4.69, 9.17) is 9.05 Å². The van der Waals surface area contributed by atoms with Crippen molar-refractivity contribution in [2.24, 2.45) is 0 Å². The molecule has 3 aromatic heterocycles. The number of fused-ring (bicyclic) bond motifs is 1. The molecule has 2 N–H and O–H groups in total. The zero-order valence-corrected chi connectivity index (χ0v) is 18.6. The summed E-state index contributed by atoms with van der Waals surface area (Å²) >= 11 is 0. The van der Waals surface area contributed by atoms with Gasteiger partial charge in [-0.15, -0.1) is 0 Å². The van der Waals surface area contributed by atoms with Crippen LogP contribution in [0.4, 0.5) is 0 Å². The predicted octanol–water partition coefficient (Wildman–Crippen LogP) is 2.35. The van der Waals surface area contributed by atoms with Crippen LogP contribution in [0.15, 0.2) is 45.6 Å². The number of hydrogen-bond acceptors (Lipinski definition) is 7. The van der Waals surface area contributed by atoms with Crippen molar-refractivity contribution < 1.29 is 18.6 Å². The highest BCUT2D eigenvalue weighted by molar-refractivity contribution is 5.89. The summed E-state index contributed by atoms with van der Waals surface area (Å²) in [5.41, 5.74) is 2.89. The van der Waals surface area contributed by atoms with Crippen LogP contribution in [-0.4, -0.2) is 44.8 Å². The molecule has 0 radical (unpaired) electrons. The van der Waals surface area contributed by atoms with Gasteiger partial charge in [0.1, 0.15) is 5.76 Å². The topological polar surface area (TPSA) is 128 Å². The van der Waals surface area contributed by atoms with E-state index >= 15 is 0 Å². The molecule has 0 saturated heterocycles. The summed E-state index contributed by atoms with van der Waals surface area (Å²) < 4.78 is 12.3. The third kappa shape index (κ3) is 5.46. The van der Waals surface area contributed by atoms with E-state index in [9.17, 15) is 9.59 Å². The number of nitrogens with zero attached hydrogens (tertiary/aromatic N) is 4. The molecule has 33 heavy (non-hydrogen) atoms. The monoisotopic (exact) mass is 450 g/mol. The maximum absolute atomic E-state index is 12.2. The van der Waals surface area contributed by atoms with Crippen LogP contribution in [0.5, 0.6) is 0 Å². The summed E-state index contributed by atoms with van der Waals surface area (Å²) in [6.07, 6.45) is 3.43. The van der Waals surface area contributed by atoms with Crippen LogP contribution in [0.1, 0.15) is 39.9 Å². The minimum atomic E-state index is -0.467. The summed E-state index contributed by atoms with van der Waals surface area (Å²) in [7, 11) is 0. The zero-order chi connectivity index (χ0) is 23.2. The van der Waals surface area contributed by atoms with Gasteiger partial charge in [0.15, 0.2) is 5.82 Å². The molecule has 0 spiro atoms. The Kier molecular flexibility index (Phi) is 6.82. The molecular weight excluding hydrogens is 424 g/mol. The molecule has 0 aliphatic rings. The van der Waals surface area contributed by atoms with Gasteiger partial charge in [0.2, 0.25) is 5.91 Å². The first-order valence-corrected chi connectivity index (χ1v) is 10.8. The van der Waals surface area contributed by atoms with Crippen LogP contribution in [0.2, 0.25) is 0 Å². The van der Waals surface area contributed by atoms with Crippen LogP contribution in [0.3, 0.4) is 0 Å². The largest absolute Gasteiger partial charge is 0.361 e. The number of para-hydroxylation sites is 1. The second-order valence-corrected chi connectivity index (χ2v) is 7.74. The Labute approximate surface area is 190 Å². The first-order valence-electron chi connectivity index (χ1n) is 10.8. The lowest BCUT2D eigenvalue weighted by molar-refractivity contribution is -0.121. The van der Waals surface area contributed by atoms with E-state index in [1.54, 1.807) is 0 Å². The van der Waals surface area contributed by atoms with E-state index in [0.717, 1.165) is 22.5 Å². The Bertz CT molecular complexity index is 1240. The maximum atomic E-state index is 12.2. The van der Waals surface area contributed by atoms with E-state index in [-0.39, 0.29) is 18.3 Å². The lowest BCUT2D eigenvalue weighted by atomic mass is 10.1. The molecule has 4 rings (SSSR count). The Hall–Kier alpha value is -3.95. The van der Waals surface area contributed by atoms with Crippen molar-refractivity contribution in [1.82, 2.24) is 30.5 Å². The number of rotatable bonds is 10. The van der Waals surface area contributed by atoms with Crippen molar-refractivity contribution in [1.29, 1.82) is 0 Å². The first kappa shape index (κ1) is 22.3. The number of nitrogens with one attached hydrogen (secondary N) is 2. The van der Waals surface area contributed by atoms with Crippen molar-refractivity contribution in [3.05, 3.63) is 65.3 Å². The number of aromatic nitrogens is 4. The standard InChI is InChI=1S/C23H26N6O4/c1-15-18(16(2)32-27-15)7-8-21(30)24-11-12-25-22(31)23-26-20(28-33-23)10-14-29-13-9-17-5-3-4-6-19(17)29/h3-6,9,13H,7-8,10-12,14H2,1-2H3,(H,24,30)(H,25,31). The Morgan fingerprint density at radius 2 is 1.82 bits per heavy atom. The smallest absolute Gasteiger partial charge is 0.315 e. The lowest BCUT2D eigenvalue weighted by Gasteiger charge is -2.05. The van der Waals surface area contributed by atoms with E-state index in [1.807, 2.05) is 32.2 Å². The highest BCUT2D eigenvalue weighted by Gasteiger charge is 2.15. The number of carbonyl (C=O) groups excluding carboxylic acids is 2. The van der Waals surface area contributed by atoms with Gasteiger partial charge in [0.05, 0.1) is 5.69 Å². The minimum Gasteiger partial charge on any atom is -0.361 e. The summed E-state index contributed by atoms with van der Waals surface area (Å²) in [5, 5.41) is 14.4. The molecule has 0 saturated carbocycles. The summed E-state index contributed by atoms with van der Waals surface area (Å²) in [6.45, 7) is 4.91. The molecule has 0 aliphatic carbocycles. The highest BCUT2D eigenvalue weighted by atomic mass is 16.5. The average Bonchev–Trinajstić information content (AvgIpc) is 3.53. The first-order chi connectivity index (χ1) is 16.0. The number of hydrogen-bond donors (Lipinski definition) is 2. The molecular formula is C23H26N6O4. The van der Waals surface area contributed by atoms with Crippen LogP contribution in [-0.2, 0) is 24.2 Å². The average molecular weight is 450 g/mol. The molecule has 3 heterocycles. The van der Waals surface area contributed by atoms with Crippen molar-refractivity contribution in [3.8, 4) is 0 Å². The molecule has 10 heteroatoms. The number of aryl methyl sites for hydroxylation is 4. The molecule has 10 nitrogen and oxygen atoms in total. The van der Waals surface area contributed by atoms with E-state index in [0.29, 0.717) is 38.2 Å². The van der Waals surface area contributed by atoms with Gasteiger partial charge in [0, 0.05) is 49.8 Å². The Morgan fingerprint density at radius 1 is 1.00 bits per heavy atom. The fourth-order valence-electron chi connectivity index (χ4n) is 3.64. The number of benzene rings is 1. The van der Waals surface area contributed by atoms with E-state index in [1.165, 1.54) is 5.39 Å². The fourth-order valence-corrected chi connectivity index (χ4v) is 3.64. The molecule has 0 fully saturated rings. The fraction of sp³-hybridized carbons (Fsp3) is 0.348. The third-order valence-corrected chi connectivity index (χ3v) is 5.43. The number of amides is 2. The molecule has 172 valence electrons. The van der Waals surface area contributed by atoms with Gasteiger partial charge >= 0.3 is 11.8 Å². The molecule has 1 aromatic carbocycles. The van der Waals surface area contributed by atoms with Gasteiger partial charge in [-0.3, -0.25) is 9.59 Å². The van der Waals surface area contributed by atoms with E-state index < -0.39 is 5.91 Å². The molecule has 0 unspecified atom stereocenters. The zero-order valence-electron chi connectivity index (χ0n) is 18.6. The highest BCUT2D eigenvalue weighted by Crippen LogP contribution is 2.16. The van der Waals surface area contributed by atoms with Crippen molar-refractivity contribution >= 4 is 22.7 Å². The maximum Gasteiger partial charge on any atom is 0.315 e. The van der Waals surface area contributed by atoms with Gasteiger partial charge in [-0.2, -0.15) is 4.98 Å². The second kappa shape index (κ2) is 10.1. The van der Waals surface area contributed by atoms with Crippen molar-refractivity contribution in [2.45, 2.75) is 39.7 Å². The molecule has 0 bridgehead atoms. The molecule has 0 atom stereocenters. The van der Waals surface area contributed by atoms with Crippen LogP contribution in [0.25, 0.3) is 10.9 Å². The quantitative estimate of drug-likeness (QED) is 0.355. The third-order valence-electron chi connectivity index (χ3n) is 5.43. The lowest BCUT2D eigenvalue weighted by Crippen LogP contribution is -2.34. The van der Waals surface area contributed by atoms with Gasteiger partial charge in [-0.05, 0) is 37.8 Å². The Morgan fingerprint density at radius 3 is 2.64 bits per heavy atom. The van der Waals surface area contributed by atoms with Gasteiger partial charge in [-0.25, -0.2) is 0 Å². The predicted molar refractivity (Wildman–Crippen MR) is 120 cm³/mol. The minimum absolute atomic E-state index is 0.0906. The molecule has 0 aliphatic heterocycles. The molecule has 4 aromatic rings. The van der Waals surface area contributed by atoms with Gasteiger partial charge < -0.3 is 24.2 Å². The molecule has 2 amide bonds. The van der Waals surface area contributed by atoms with Crippen LogP contribution >= 0.6 is 0 Å². The normalized spacial score (nSPS) is 11.1. The Balaban J connectivity index is 1.17. The number of carbonyl (C=O) groups is 2. The summed E-state index contributed by atoms with van der Waals surface area (Å²) in [6, 6.07) is 10.2. The van der Waals surface area contributed by atoms with Gasteiger partial charge in [-0.1, -0.05) is 28.5 Å². The van der Waals surface area contributed by atoms with E-state index in [2.05, 4.69) is 48.7 Å². The SMILES string of the molecule is Cc1noc(C)c1CCC(=O)NCCNC(=O)c1nc(CCn2ccc3ccccc32)no1. The van der Waals surface area contributed by atoms with Crippen LogP contribution < -0.4 is 10.6 Å². The van der Waals surface area contributed by atoms with Crippen LogP contribution in [0, 0.1) is 13.8 Å². The van der Waals surface area contributed by atoms with Crippen molar-refractivity contribution in [2.75, 3.05) is 13.1 Å². The van der Waals surface area contributed by atoms with Crippen molar-refractivity contribution in [3.63, 3.8) is 0 Å². The van der Waals surface area contributed by atoms with Gasteiger partial charge in [0.25, 0.3) is 0 Å².